The fourth-order valence-electron chi connectivity index (χ4n) is 2.15. The van der Waals surface area contributed by atoms with Gasteiger partial charge in [0, 0.05) is 12.4 Å². The van der Waals surface area contributed by atoms with E-state index < -0.39 is 5.67 Å². The molecule has 0 aliphatic heterocycles. The van der Waals surface area contributed by atoms with Gasteiger partial charge in [0.05, 0.1) is 0 Å². The molecular formula is C11H14ClFN4. The van der Waals surface area contributed by atoms with Crippen LogP contribution in [0.5, 0.6) is 0 Å². The van der Waals surface area contributed by atoms with Crippen LogP contribution in [-0.4, -0.2) is 21.1 Å². The van der Waals surface area contributed by atoms with E-state index in [0.717, 1.165) is 19.3 Å². The number of rotatable bonds is 1. The van der Waals surface area contributed by atoms with Crippen LogP contribution in [0.15, 0.2) is 12.4 Å². The van der Waals surface area contributed by atoms with Crippen molar-refractivity contribution in [2.24, 2.45) is 0 Å². The molecule has 0 saturated heterocycles. The number of nitrogens with one attached hydrogen (secondary N) is 2. The Morgan fingerprint density at radius 3 is 2.71 bits per heavy atom. The molecule has 0 atom stereocenters. The van der Waals surface area contributed by atoms with E-state index >= 15 is 0 Å². The van der Waals surface area contributed by atoms with Crippen molar-refractivity contribution in [3.05, 3.63) is 23.0 Å². The van der Waals surface area contributed by atoms with Crippen LogP contribution in [0.3, 0.4) is 0 Å². The Morgan fingerprint density at radius 1 is 1.41 bits per heavy atom. The Labute approximate surface area is 103 Å². The average molecular weight is 257 g/mol. The summed E-state index contributed by atoms with van der Waals surface area (Å²) in [5.74, 6) is -0.202. The molecule has 0 spiro atoms. The van der Waals surface area contributed by atoms with Crippen LogP contribution in [0.1, 0.15) is 32.1 Å². The largest absolute Gasteiger partial charge is 0.285 e. The summed E-state index contributed by atoms with van der Waals surface area (Å²) in [6.45, 7) is 0. The fraction of sp³-hybridized carbons (Fsp3) is 0.545. The monoisotopic (exact) mass is 256 g/mol. The average Bonchev–Trinajstić information content (AvgIpc) is 2.33. The molecule has 17 heavy (non-hydrogen) atoms. The first kappa shape index (κ1) is 12.2. The molecule has 1 fully saturated rings. The number of alkyl halides is 1. The van der Waals surface area contributed by atoms with Crippen molar-refractivity contribution in [1.29, 1.82) is 10.8 Å². The van der Waals surface area contributed by atoms with Crippen LogP contribution >= 0.6 is 11.6 Å². The van der Waals surface area contributed by atoms with Gasteiger partial charge in [0.25, 0.3) is 0 Å². The molecule has 1 aliphatic carbocycles. The summed E-state index contributed by atoms with van der Waals surface area (Å²) in [7, 11) is 0. The van der Waals surface area contributed by atoms with Crippen molar-refractivity contribution in [3.8, 4) is 0 Å². The van der Waals surface area contributed by atoms with Gasteiger partial charge in [-0.2, -0.15) is 0 Å². The summed E-state index contributed by atoms with van der Waals surface area (Å²) in [5, 5.41) is 15.6. The highest BCUT2D eigenvalue weighted by atomic mass is 35.5. The maximum atomic E-state index is 14.6. The topological polar surface area (TPSA) is 65.5 Å². The smallest absolute Gasteiger partial charge is 0.171 e. The lowest BCUT2D eigenvalue weighted by Crippen LogP contribution is -2.44. The molecule has 0 amide bonds. The second-order valence-electron chi connectivity index (χ2n) is 4.31. The molecule has 2 N–H and O–H groups in total. The molecule has 0 aromatic carbocycles. The summed E-state index contributed by atoms with van der Waals surface area (Å²) in [5.41, 5.74) is -1.77. The van der Waals surface area contributed by atoms with Crippen LogP contribution < -0.4 is 5.49 Å². The first-order chi connectivity index (χ1) is 8.04. The van der Waals surface area contributed by atoms with Crippen LogP contribution in [0.2, 0.25) is 5.15 Å². The fourth-order valence-corrected chi connectivity index (χ4v) is 2.30. The van der Waals surface area contributed by atoms with Gasteiger partial charge >= 0.3 is 0 Å². The maximum Gasteiger partial charge on any atom is 0.171 e. The van der Waals surface area contributed by atoms with E-state index in [4.69, 9.17) is 22.4 Å². The van der Waals surface area contributed by atoms with E-state index in [9.17, 15) is 4.39 Å². The van der Waals surface area contributed by atoms with Gasteiger partial charge in [-0.1, -0.05) is 18.0 Å². The standard InChI is InChI=1S/C11H14ClFN4/c12-8-9(14)17(7-6-16-8)10(15)11(13)4-2-1-3-5-11/h6-7,14-15H,1-5H2. The summed E-state index contributed by atoms with van der Waals surface area (Å²) in [6.07, 6.45) is 6.05. The van der Waals surface area contributed by atoms with E-state index in [1.807, 2.05) is 0 Å². The molecule has 4 nitrogen and oxygen atoms in total. The van der Waals surface area contributed by atoms with Crippen LogP contribution in [0.4, 0.5) is 4.39 Å². The van der Waals surface area contributed by atoms with Crippen LogP contribution in [0, 0.1) is 10.8 Å². The van der Waals surface area contributed by atoms with E-state index in [2.05, 4.69) is 4.98 Å². The minimum Gasteiger partial charge on any atom is -0.285 e. The Morgan fingerprint density at radius 2 is 2.06 bits per heavy atom. The van der Waals surface area contributed by atoms with Gasteiger partial charge in [0.1, 0.15) is 5.84 Å². The SMILES string of the molecule is N=C(n1ccnc(Cl)c1=N)C1(F)CCCCC1. The minimum absolute atomic E-state index is 0.0170. The third-order valence-corrected chi connectivity index (χ3v) is 3.43. The van der Waals surface area contributed by atoms with E-state index in [1.54, 1.807) is 0 Å². The number of aromatic nitrogens is 2. The number of hydrogen-bond donors (Lipinski definition) is 2. The summed E-state index contributed by atoms with van der Waals surface area (Å²) < 4.78 is 15.7. The molecule has 1 saturated carbocycles. The van der Waals surface area contributed by atoms with E-state index in [-0.39, 0.29) is 16.5 Å². The third-order valence-electron chi connectivity index (χ3n) is 3.15. The highest BCUT2D eigenvalue weighted by molar-refractivity contribution is 6.29. The lowest BCUT2D eigenvalue weighted by molar-refractivity contribution is 0.179. The molecule has 1 heterocycles. The predicted molar refractivity (Wildman–Crippen MR) is 63.1 cm³/mol. The zero-order valence-corrected chi connectivity index (χ0v) is 10.1. The molecule has 1 aromatic rings. The normalized spacial score (nSPS) is 18.9. The minimum atomic E-state index is -1.64. The predicted octanol–water partition coefficient (Wildman–Crippen LogP) is 2.51. The van der Waals surface area contributed by atoms with Gasteiger partial charge in [-0.3, -0.25) is 15.4 Å². The van der Waals surface area contributed by atoms with Gasteiger partial charge in [-0.15, -0.1) is 0 Å². The maximum absolute atomic E-state index is 14.6. The van der Waals surface area contributed by atoms with Gasteiger partial charge in [-0.25, -0.2) is 9.37 Å². The summed E-state index contributed by atoms with van der Waals surface area (Å²) in [6, 6.07) is 0. The molecule has 0 bridgehead atoms. The van der Waals surface area contributed by atoms with Crippen LogP contribution in [0.25, 0.3) is 0 Å². The second-order valence-corrected chi connectivity index (χ2v) is 4.67. The van der Waals surface area contributed by atoms with E-state index in [1.165, 1.54) is 17.0 Å². The van der Waals surface area contributed by atoms with Crippen molar-refractivity contribution in [3.63, 3.8) is 0 Å². The highest BCUT2D eigenvalue weighted by Gasteiger charge is 2.37. The van der Waals surface area contributed by atoms with Crippen molar-refractivity contribution in [2.75, 3.05) is 0 Å². The summed E-state index contributed by atoms with van der Waals surface area (Å²) >= 11 is 5.70. The molecule has 2 rings (SSSR count). The van der Waals surface area contributed by atoms with Crippen molar-refractivity contribution < 1.29 is 4.39 Å². The van der Waals surface area contributed by atoms with Crippen LogP contribution in [-0.2, 0) is 0 Å². The molecule has 92 valence electrons. The van der Waals surface area contributed by atoms with Gasteiger partial charge < -0.3 is 0 Å². The van der Waals surface area contributed by atoms with Crippen molar-refractivity contribution in [1.82, 2.24) is 9.55 Å². The lowest BCUT2D eigenvalue weighted by atomic mass is 9.85. The first-order valence-corrected chi connectivity index (χ1v) is 5.98. The molecule has 1 aliphatic rings. The molecular weight excluding hydrogens is 243 g/mol. The number of nitrogens with zero attached hydrogens (tertiary/aromatic N) is 2. The lowest BCUT2D eigenvalue weighted by Gasteiger charge is -2.30. The summed E-state index contributed by atoms with van der Waals surface area (Å²) in [4.78, 5) is 3.73. The molecule has 1 aromatic heterocycles. The number of hydrogen-bond acceptors (Lipinski definition) is 3. The quantitative estimate of drug-likeness (QED) is 0.588. The van der Waals surface area contributed by atoms with Gasteiger partial charge in [0.15, 0.2) is 16.3 Å². The third kappa shape index (κ3) is 2.24. The van der Waals surface area contributed by atoms with Gasteiger partial charge in [-0.05, 0) is 25.7 Å². The first-order valence-electron chi connectivity index (χ1n) is 5.61. The Kier molecular flexibility index (Phi) is 3.28. The van der Waals surface area contributed by atoms with E-state index in [0.29, 0.717) is 12.8 Å². The molecule has 0 radical (unpaired) electrons. The van der Waals surface area contributed by atoms with Gasteiger partial charge in [0.2, 0.25) is 0 Å². The zero-order chi connectivity index (χ0) is 12.5. The molecule has 0 unspecified atom stereocenters. The highest BCUT2D eigenvalue weighted by Crippen LogP contribution is 2.32. The Bertz CT molecular complexity index is 490. The zero-order valence-electron chi connectivity index (χ0n) is 9.34. The number of halogens is 2. The molecule has 6 heteroatoms. The Hall–Kier alpha value is -1.23. The second kappa shape index (κ2) is 4.56. The Balaban J connectivity index is 2.37. The van der Waals surface area contributed by atoms with Crippen molar-refractivity contribution in [2.45, 2.75) is 37.8 Å². The van der Waals surface area contributed by atoms with Crippen molar-refractivity contribution >= 4 is 17.4 Å².